The number of piperazine rings is 1. The van der Waals surface area contributed by atoms with Gasteiger partial charge < -0.3 is 20.3 Å². The van der Waals surface area contributed by atoms with Crippen molar-refractivity contribution < 1.29 is 9.53 Å². The number of methoxy groups -OCH3 is 1. The van der Waals surface area contributed by atoms with Crippen LogP contribution in [0.3, 0.4) is 0 Å². The minimum Gasteiger partial charge on any atom is -0.383 e. The van der Waals surface area contributed by atoms with Crippen molar-refractivity contribution in [3.05, 3.63) is 64.7 Å². The number of hydrogen-bond acceptors (Lipinski definition) is 4. The average Bonchev–Trinajstić information content (AvgIpc) is 2.83. The number of nitrogens with one attached hydrogen (secondary N) is 2. The maximum absolute atomic E-state index is 12.2. The van der Waals surface area contributed by atoms with Gasteiger partial charge in [-0.05, 0) is 42.3 Å². The van der Waals surface area contributed by atoms with Gasteiger partial charge in [0.2, 0.25) is 0 Å². The van der Waals surface area contributed by atoms with E-state index in [1.807, 2.05) is 50.2 Å². The number of rotatable bonds is 8. The molecule has 33 heavy (non-hydrogen) atoms. The Balaban J connectivity index is 0.00000187. The largest absolute Gasteiger partial charge is 0.383 e. The van der Waals surface area contributed by atoms with Crippen LogP contribution in [0.5, 0.6) is 0 Å². The Morgan fingerprint density at radius 2 is 1.79 bits per heavy atom. The predicted octanol–water partition coefficient (Wildman–Crippen LogP) is 5.28. The summed E-state index contributed by atoms with van der Waals surface area (Å²) in [6.07, 6.45) is 4.33. The molecule has 1 saturated heterocycles. The van der Waals surface area contributed by atoms with Gasteiger partial charge in [0.15, 0.2) is 0 Å². The van der Waals surface area contributed by atoms with E-state index in [4.69, 9.17) is 16.3 Å². The highest BCUT2D eigenvalue weighted by molar-refractivity contribution is 6.30. The first-order valence-corrected chi connectivity index (χ1v) is 12.0. The van der Waals surface area contributed by atoms with E-state index in [0.29, 0.717) is 13.2 Å². The van der Waals surface area contributed by atoms with Gasteiger partial charge in [0.25, 0.3) is 0 Å². The summed E-state index contributed by atoms with van der Waals surface area (Å²) in [5.74, 6) is 0. The molecule has 1 heterocycles. The van der Waals surface area contributed by atoms with Crippen LogP contribution in [-0.2, 0) is 4.74 Å². The molecule has 0 spiro atoms. The smallest absolute Gasteiger partial charge is 0.319 e. The molecule has 1 fully saturated rings. The Kier molecular flexibility index (Phi) is 11.8. The summed E-state index contributed by atoms with van der Waals surface area (Å²) < 4.78 is 4.98. The molecule has 6 nitrogen and oxygen atoms in total. The number of ether oxygens (including phenoxy) is 1. The second-order valence-corrected chi connectivity index (χ2v) is 8.07. The van der Waals surface area contributed by atoms with Crippen molar-refractivity contribution in [3.63, 3.8) is 0 Å². The fourth-order valence-corrected chi connectivity index (χ4v) is 3.65. The molecule has 0 aromatic heterocycles. The molecule has 0 radical (unpaired) electrons. The van der Waals surface area contributed by atoms with Gasteiger partial charge in [-0.1, -0.05) is 55.8 Å². The molecular weight excluding hydrogens is 436 g/mol. The lowest BCUT2D eigenvalue weighted by atomic mass is 10.1. The van der Waals surface area contributed by atoms with E-state index in [0.717, 1.165) is 54.7 Å². The fraction of sp³-hybridized carbons (Fsp3) is 0.423. The van der Waals surface area contributed by atoms with E-state index >= 15 is 0 Å². The highest BCUT2D eigenvalue weighted by Crippen LogP contribution is 2.28. The summed E-state index contributed by atoms with van der Waals surface area (Å²) in [6, 6.07) is 13.8. The summed E-state index contributed by atoms with van der Waals surface area (Å²) in [6.45, 7) is 11.7. The van der Waals surface area contributed by atoms with Gasteiger partial charge in [-0.2, -0.15) is 0 Å². The molecule has 3 rings (SSSR count). The molecule has 0 aliphatic carbocycles. The number of amides is 2. The van der Waals surface area contributed by atoms with Gasteiger partial charge in [0.05, 0.1) is 18.0 Å². The summed E-state index contributed by atoms with van der Waals surface area (Å²) in [5.41, 5.74) is 4.23. The van der Waals surface area contributed by atoms with Crippen LogP contribution in [0.4, 0.5) is 16.2 Å². The summed E-state index contributed by atoms with van der Waals surface area (Å²) in [4.78, 5) is 17.0. The standard InChI is InChI=1S/C24H31ClN4O2.C2H6/c1-19-5-10-22(27-24(30)26-11-17-31-2)23(18-19)29-15-13-28(14-16-29)12-3-4-20-6-8-21(25)9-7-20;1-2/h3-10,18H,11-17H2,1-2H3,(H2,26,27,30);1-2H3/b4-3+;. The number of benzene rings is 2. The number of carbonyl (C=O) groups is 1. The molecule has 0 saturated carbocycles. The first kappa shape index (κ1) is 26.7. The molecule has 2 N–H and O–H groups in total. The summed E-state index contributed by atoms with van der Waals surface area (Å²) in [5, 5.41) is 6.54. The van der Waals surface area contributed by atoms with Crippen LogP contribution in [-0.4, -0.2) is 63.9 Å². The lowest BCUT2D eigenvalue weighted by Gasteiger charge is -2.36. The molecule has 2 aromatic rings. The van der Waals surface area contributed by atoms with Gasteiger partial charge in [-0.3, -0.25) is 4.90 Å². The van der Waals surface area contributed by atoms with Crippen LogP contribution >= 0.6 is 11.6 Å². The number of nitrogens with zero attached hydrogens (tertiary/aromatic N) is 2. The van der Waals surface area contributed by atoms with Crippen LogP contribution in [0.1, 0.15) is 25.0 Å². The summed E-state index contributed by atoms with van der Waals surface area (Å²) >= 11 is 5.94. The van der Waals surface area contributed by atoms with Crippen LogP contribution in [0.2, 0.25) is 5.02 Å². The number of urea groups is 1. The molecule has 2 aromatic carbocycles. The third-order valence-electron chi connectivity index (χ3n) is 5.25. The van der Waals surface area contributed by atoms with Crippen LogP contribution in [0, 0.1) is 6.92 Å². The van der Waals surface area contributed by atoms with E-state index in [-0.39, 0.29) is 6.03 Å². The number of aryl methyl sites for hydroxylation is 1. The van der Waals surface area contributed by atoms with Crippen molar-refractivity contribution in [2.75, 3.05) is 63.2 Å². The van der Waals surface area contributed by atoms with Crippen LogP contribution in [0.15, 0.2) is 48.5 Å². The van der Waals surface area contributed by atoms with Crippen molar-refractivity contribution in [2.24, 2.45) is 0 Å². The van der Waals surface area contributed by atoms with Gasteiger partial charge >= 0.3 is 6.03 Å². The van der Waals surface area contributed by atoms with E-state index in [1.54, 1.807) is 7.11 Å². The zero-order valence-corrected chi connectivity index (χ0v) is 21.0. The zero-order chi connectivity index (χ0) is 24.1. The molecule has 0 bridgehead atoms. The van der Waals surface area contributed by atoms with Gasteiger partial charge in [0, 0.05) is 51.4 Å². The van der Waals surface area contributed by atoms with E-state index < -0.39 is 0 Å². The van der Waals surface area contributed by atoms with E-state index in [2.05, 4.69) is 45.6 Å². The maximum atomic E-state index is 12.2. The average molecular weight is 473 g/mol. The Labute approximate surface area is 203 Å². The van der Waals surface area contributed by atoms with Crippen LogP contribution < -0.4 is 15.5 Å². The topological polar surface area (TPSA) is 56.8 Å². The Morgan fingerprint density at radius 1 is 1.09 bits per heavy atom. The van der Waals surface area contributed by atoms with E-state index in [1.165, 1.54) is 5.56 Å². The third kappa shape index (κ3) is 9.08. The Hall–Kier alpha value is -2.54. The number of anilines is 2. The first-order chi connectivity index (χ1) is 16.0. The lowest BCUT2D eigenvalue weighted by Crippen LogP contribution is -2.46. The Bertz CT molecular complexity index is 878. The second kappa shape index (κ2) is 14.6. The van der Waals surface area contributed by atoms with Crippen molar-refractivity contribution >= 4 is 35.1 Å². The minimum absolute atomic E-state index is 0.215. The molecule has 7 heteroatoms. The highest BCUT2D eigenvalue weighted by atomic mass is 35.5. The van der Waals surface area contributed by atoms with Crippen molar-refractivity contribution in [2.45, 2.75) is 20.8 Å². The molecule has 2 amide bonds. The number of carbonyl (C=O) groups excluding carboxylic acids is 1. The second-order valence-electron chi connectivity index (χ2n) is 7.64. The fourth-order valence-electron chi connectivity index (χ4n) is 3.53. The maximum Gasteiger partial charge on any atom is 0.319 e. The Morgan fingerprint density at radius 3 is 2.45 bits per heavy atom. The molecule has 180 valence electrons. The summed E-state index contributed by atoms with van der Waals surface area (Å²) in [7, 11) is 1.62. The third-order valence-corrected chi connectivity index (χ3v) is 5.50. The molecule has 1 aliphatic rings. The van der Waals surface area contributed by atoms with E-state index in [9.17, 15) is 4.79 Å². The quantitative estimate of drug-likeness (QED) is 0.513. The van der Waals surface area contributed by atoms with Gasteiger partial charge in [-0.25, -0.2) is 4.79 Å². The zero-order valence-electron chi connectivity index (χ0n) is 20.2. The van der Waals surface area contributed by atoms with Crippen molar-refractivity contribution in [3.8, 4) is 0 Å². The molecule has 1 aliphatic heterocycles. The van der Waals surface area contributed by atoms with Gasteiger partial charge in [-0.15, -0.1) is 0 Å². The lowest BCUT2D eigenvalue weighted by molar-refractivity contribution is 0.198. The molecule has 0 unspecified atom stereocenters. The van der Waals surface area contributed by atoms with Crippen molar-refractivity contribution in [1.82, 2.24) is 10.2 Å². The van der Waals surface area contributed by atoms with Gasteiger partial charge in [0.1, 0.15) is 0 Å². The van der Waals surface area contributed by atoms with Crippen molar-refractivity contribution in [1.29, 1.82) is 0 Å². The van der Waals surface area contributed by atoms with Crippen LogP contribution in [0.25, 0.3) is 6.08 Å². The normalized spacial score (nSPS) is 14.0. The minimum atomic E-state index is -0.215. The monoisotopic (exact) mass is 472 g/mol. The number of halogens is 1. The number of hydrogen-bond donors (Lipinski definition) is 2. The first-order valence-electron chi connectivity index (χ1n) is 11.6. The molecule has 0 atom stereocenters. The molecular formula is C26H37ClN4O2. The SMILES string of the molecule is CC.COCCNC(=O)Nc1ccc(C)cc1N1CCN(C/C=C/c2ccc(Cl)cc2)CC1. The predicted molar refractivity (Wildman–Crippen MR) is 141 cm³/mol. The highest BCUT2D eigenvalue weighted by Gasteiger charge is 2.19.